The molecule has 5 nitrogen and oxygen atoms in total. The first-order chi connectivity index (χ1) is 9.98. The van der Waals surface area contributed by atoms with E-state index in [4.69, 9.17) is 4.74 Å². The van der Waals surface area contributed by atoms with Crippen LogP contribution in [0, 0.1) is 29.1 Å². The lowest BCUT2D eigenvalue weighted by atomic mass is 9.82. The van der Waals surface area contributed by atoms with Gasteiger partial charge >= 0.3 is 11.9 Å². The van der Waals surface area contributed by atoms with Crippen LogP contribution in [0.5, 0.6) is 0 Å². The first-order valence-electron chi connectivity index (χ1n) is 7.66. The fourth-order valence-electron chi connectivity index (χ4n) is 3.52. The summed E-state index contributed by atoms with van der Waals surface area (Å²) >= 11 is 0. The molecule has 21 heavy (non-hydrogen) atoms. The highest BCUT2D eigenvalue weighted by atomic mass is 16.5. The van der Waals surface area contributed by atoms with E-state index < -0.39 is 29.2 Å². The Morgan fingerprint density at radius 1 is 1.19 bits per heavy atom. The molecule has 0 aromatic heterocycles. The van der Waals surface area contributed by atoms with Crippen LogP contribution in [0.25, 0.3) is 0 Å². The molecule has 1 saturated carbocycles. The third-order valence-corrected chi connectivity index (χ3v) is 5.37. The molecular weight excluding hydrogens is 272 g/mol. The molecular formula is C16H24O5. The van der Waals surface area contributed by atoms with Crippen molar-refractivity contribution in [1.29, 1.82) is 0 Å². The Kier molecular flexibility index (Phi) is 4.71. The third-order valence-electron chi connectivity index (χ3n) is 5.37. The second kappa shape index (κ2) is 6.18. The van der Waals surface area contributed by atoms with Gasteiger partial charge in [0.15, 0.2) is 0 Å². The van der Waals surface area contributed by atoms with E-state index in [2.05, 4.69) is 0 Å². The van der Waals surface area contributed by atoms with E-state index in [1.54, 1.807) is 0 Å². The van der Waals surface area contributed by atoms with E-state index in [1.807, 2.05) is 26.0 Å². The molecule has 1 fully saturated rings. The van der Waals surface area contributed by atoms with Crippen molar-refractivity contribution in [2.24, 2.45) is 29.1 Å². The van der Waals surface area contributed by atoms with Gasteiger partial charge in [-0.3, -0.25) is 9.59 Å². The van der Waals surface area contributed by atoms with Crippen molar-refractivity contribution >= 4 is 11.9 Å². The van der Waals surface area contributed by atoms with Crippen LogP contribution in [-0.2, 0) is 14.3 Å². The van der Waals surface area contributed by atoms with Gasteiger partial charge < -0.3 is 14.9 Å². The standard InChI is InChI=1S/C16H24O5/c1-3-16(4-2,8-17)9-21-15(20)13-11-6-5-10(7-11)12(13)14(18)19/h5-6,10-13,17H,3-4,7-9H2,1-2H3,(H,18,19). The smallest absolute Gasteiger partial charge is 0.310 e. The molecule has 0 aromatic carbocycles. The summed E-state index contributed by atoms with van der Waals surface area (Å²) in [6.45, 7) is 4.02. The van der Waals surface area contributed by atoms with Crippen LogP contribution in [0.3, 0.4) is 0 Å². The molecule has 0 spiro atoms. The number of carbonyl (C=O) groups excluding carboxylic acids is 1. The number of aliphatic hydroxyl groups excluding tert-OH is 1. The molecule has 0 saturated heterocycles. The number of carboxylic acids is 1. The number of carboxylic acid groups (broad SMARTS) is 1. The number of hydrogen-bond donors (Lipinski definition) is 2. The van der Waals surface area contributed by atoms with Gasteiger partial charge in [-0.05, 0) is 31.1 Å². The van der Waals surface area contributed by atoms with Gasteiger partial charge in [-0.1, -0.05) is 26.0 Å². The number of rotatable bonds is 7. The zero-order valence-corrected chi connectivity index (χ0v) is 12.6. The first-order valence-corrected chi connectivity index (χ1v) is 7.66. The number of aliphatic hydroxyl groups is 1. The van der Waals surface area contributed by atoms with Crippen molar-refractivity contribution in [3.05, 3.63) is 12.2 Å². The molecule has 0 heterocycles. The molecule has 4 unspecified atom stereocenters. The number of aliphatic carboxylic acids is 1. The van der Waals surface area contributed by atoms with Crippen LogP contribution in [-0.4, -0.2) is 35.4 Å². The van der Waals surface area contributed by atoms with Crippen molar-refractivity contribution in [3.63, 3.8) is 0 Å². The minimum absolute atomic E-state index is 0.0182. The Morgan fingerprint density at radius 3 is 2.24 bits per heavy atom. The monoisotopic (exact) mass is 296 g/mol. The Balaban J connectivity index is 2.03. The largest absolute Gasteiger partial charge is 0.481 e. The SMILES string of the molecule is CCC(CC)(CO)COC(=O)C1C2C=CC(C2)C1C(=O)O. The number of ether oxygens (including phenoxy) is 1. The Morgan fingerprint density at radius 2 is 1.76 bits per heavy atom. The molecule has 2 aliphatic carbocycles. The summed E-state index contributed by atoms with van der Waals surface area (Å²) in [5.74, 6) is -2.67. The van der Waals surface area contributed by atoms with E-state index in [9.17, 15) is 19.8 Å². The molecule has 118 valence electrons. The van der Waals surface area contributed by atoms with Gasteiger partial charge in [0.05, 0.1) is 25.0 Å². The summed E-state index contributed by atoms with van der Waals surface area (Å²) in [5, 5.41) is 18.8. The average Bonchev–Trinajstić information content (AvgIpc) is 3.09. The van der Waals surface area contributed by atoms with Gasteiger partial charge in [0, 0.05) is 5.41 Å². The first kappa shape index (κ1) is 16.0. The summed E-state index contributed by atoms with van der Waals surface area (Å²) in [7, 11) is 0. The van der Waals surface area contributed by atoms with E-state index >= 15 is 0 Å². The fraction of sp³-hybridized carbons (Fsp3) is 0.750. The van der Waals surface area contributed by atoms with Gasteiger partial charge in [0.1, 0.15) is 0 Å². The lowest BCUT2D eigenvalue weighted by molar-refractivity contribution is -0.161. The highest BCUT2D eigenvalue weighted by Crippen LogP contribution is 2.48. The second-order valence-corrected chi connectivity index (χ2v) is 6.31. The molecule has 5 heteroatoms. The molecule has 0 aromatic rings. The van der Waals surface area contributed by atoms with E-state index in [1.165, 1.54) is 0 Å². The summed E-state index contributed by atoms with van der Waals surface area (Å²) < 4.78 is 5.40. The van der Waals surface area contributed by atoms with Crippen LogP contribution in [0.15, 0.2) is 12.2 Å². The molecule has 2 aliphatic rings. The van der Waals surface area contributed by atoms with Crippen LogP contribution < -0.4 is 0 Å². The van der Waals surface area contributed by atoms with Gasteiger partial charge in [-0.2, -0.15) is 0 Å². The average molecular weight is 296 g/mol. The summed E-state index contributed by atoms with van der Waals surface area (Å²) in [4.78, 5) is 23.7. The van der Waals surface area contributed by atoms with Crippen molar-refractivity contribution in [2.45, 2.75) is 33.1 Å². The maximum absolute atomic E-state index is 12.3. The molecule has 2 rings (SSSR count). The molecule has 0 amide bonds. The minimum Gasteiger partial charge on any atom is -0.481 e. The van der Waals surface area contributed by atoms with Crippen LogP contribution in [0.1, 0.15) is 33.1 Å². The lowest BCUT2D eigenvalue weighted by Crippen LogP contribution is -2.37. The quantitative estimate of drug-likeness (QED) is 0.553. The number of hydrogen-bond acceptors (Lipinski definition) is 4. The fourth-order valence-corrected chi connectivity index (χ4v) is 3.52. The van der Waals surface area contributed by atoms with Gasteiger partial charge in [-0.25, -0.2) is 0 Å². The molecule has 4 atom stereocenters. The number of allylic oxidation sites excluding steroid dienone is 2. The van der Waals surface area contributed by atoms with Crippen LogP contribution in [0.4, 0.5) is 0 Å². The maximum atomic E-state index is 12.3. The Bertz CT molecular complexity index is 430. The van der Waals surface area contributed by atoms with Gasteiger partial charge in [0.2, 0.25) is 0 Å². The summed E-state index contributed by atoms with van der Waals surface area (Å²) in [5.41, 5.74) is -0.415. The second-order valence-electron chi connectivity index (χ2n) is 6.31. The number of carbonyl (C=O) groups is 2. The minimum atomic E-state index is -0.923. The van der Waals surface area contributed by atoms with E-state index in [0.29, 0.717) is 12.8 Å². The number of fused-ring (bicyclic) bond motifs is 2. The van der Waals surface area contributed by atoms with Crippen molar-refractivity contribution in [1.82, 2.24) is 0 Å². The molecule has 0 radical (unpaired) electrons. The van der Waals surface area contributed by atoms with Crippen molar-refractivity contribution < 1.29 is 24.5 Å². The van der Waals surface area contributed by atoms with Gasteiger partial charge in [0.25, 0.3) is 0 Å². The van der Waals surface area contributed by atoms with Crippen molar-refractivity contribution in [2.75, 3.05) is 13.2 Å². The zero-order chi connectivity index (χ0) is 15.6. The maximum Gasteiger partial charge on any atom is 0.310 e. The summed E-state index contributed by atoms with van der Waals surface area (Å²) in [6, 6.07) is 0. The molecule has 2 bridgehead atoms. The van der Waals surface area contributed by atoms with Crippen LogP contribution >= 0.6 is 0 Å². The van der Waals surface area contributed by atoms with Crippen molar-refractivity contribution in [3.8, 4) is 0 Å². The Labute approximate surface area is 125 Å². The van der Waals surface area contributed by atoms with Crippen LogP contribution in [0.2, 0.25) is 0 Å². The van der Waals surface area contributed by atoms with E-state index in [0.717, 1.165) is 6.42 Å². The zero-order valence-electron chi connectivity index (χ0n) is 12.6. The highest BCUT2D eigenvalue weighted by Gasteiger charge is 2.52. The molecule has 0 aliphatic heterocycles. The number of esters is 1. The highest BCUT2D eigenvalue weighted by molar-refractivity contribution is 5.83. The Hall–Kier alpha value is -1.36. The lowest BCUT2D eigenvalue weighted by Gasteiger charge is -2.30. The summed E-state index contributed by atoms with van der Waals surface area (Å²) in [6.07, 6.45) is 6.00. The van der Waals surface area contributed by atoms with E-state index in [-0.39, 0.29) is 25.0 Å². The topological polar surface area (TPSA) is 83.8 Å². The predicted molar refractivity (Wildman–Crippen MR) is 76.4 cm³/mol. The normalized spacial score (nSPS) is 30.6. The third kappa shape index (κ3) is 2.84. The molecule has 2 N–H and O–H groups in total. The predicted octanol–water partition coefficient (Wildman–Crippen LogP) is 1.85. The van der Waals surface area contributed by atoms with Gasteiger partial charge in [-0.15, -0.1) is 0 Å².